The van der Waals surface area contributed by atoms with Gasteiger partial charge < -0.3 is 5.11 Å². The fourth-order valence-corrected chi connectivity index (χ4v) is 5.01. The molecule has 0 aromatic carbocycles. The topological polar surface area (TPSA) is 66.4 Å². The van der Waals surface area contributed by atoms with E-state index in [2.05, 4.69) is 4.72 Å². The van der Waals surface area contributed by atoms with Crippen LogP contribution in [0.4, 0.5) is 0 Å². The second kappa shape index (κ2) is 6.56. The fraction of sp³-hybridized carbons (Fsp3) is 0.714. The van der Waals surface area contributed by atoms with Crippen molar-refractivity contribution >= 4 is 21.4 Å². The second-order valence-electron chi connectivity index (χ2n) is 5.86. The highest BCUT2D eigenvalue weighted by Crippen LogP contribution is 2.26. The molecule has 0 saturated heterocycles. The molecule has 0 bridgehead atoms. The van der Waals surface area contributed by atoms with Gasteiger partial charge in [0.05, 0.1) is 5.75 Å². The predicted octanol–water partition coefficient (Wildman–Crippen LogP) is 2.46. The van der Waals surface area contributed by atoms with Crippen LogP contribution in [0.25, 0.3) is 0 Å². The number of aliphatic hydroxyl groups is 1. The van der Waals surface area contributed by atoms with Crippen LogP contribution in [0.1, 0.15) is 43.9 Å². The van der Waals surface area contributed by atoms with Crippen molar-refractivity contribution in [1.82, 2.24) is 4.72 Å². The second-order valence-corrected chi connectivity index (χ2v) is 8.66. The van der Waals surface area contributed by atoms with Crippen LogP contribution in [-0.4, -0.2) is 25.8 Å². The number of thiophene rings is 1. The quantitative estimate of drug-likeness (QED) is 0.847. The summed E-state index contributed by atoms with van der Waals surface area (Å²) in [6.07, 6.45) is 5.49. The van der Waals surface area contributed by atoms with Gasteiger partial charge in [-0.2, -0.15) is 0 Å². The zero-order valence-corrected chi connectivity index (χ0v) is 13.5. The normalized spacial score (nSPS) is 20.7. The minimum Gasteiger partial charge on any atom is -0.383 e. The van der Waals surface area contributed by atoms with Gasteiger partial charge in [-0.1, -0.05) is 25.3 Å². The average molecular weight is 317 g/mol. The van der Waals surface area contributed by atoms with E-state index in [9.17, 15) is 13.5 Å². The van der Waals surface area contributed by atoms with E-state index in [1.165, 1.54) is 17.8 Å². The molecule has 1 aromatic rings. The molecule has 2 N–H and O–H groups in total. The first-order valence-electron chi connectivity index (χ1n) is 7.13. The molecule has 1 saturated carbocycles. The van der Waals surface area contributed by atoms with Gasteiger partial charge in [-0.05, 0) is 37.1 Å². The molecule has 20 heavy (non-hydrogen) atoms. The highest BCUT2D eigenvalue weighted by molar-refractivity contribution is 7.89. The van der Waals surface area contributed by atoms with Crippen LogP contribution in [0.3, 0.4) is 0 Å². The molecule has 1 fully saturated rings. The van der Waals surface area contributed by atoms with Crippen LogP contribution >= 0.6 is 11.3 Å². The Morgan fingerprint density at radius 1 is 1.40 bits per heavy atom. The average Bonchev–Trinajstić information content (AvgIpc) is 2.92. The number of hydrogen-bond donors (Lipinski definition) is 2. The Hall–Kier alpha value is -0.430. The molecule has 1 heterocycles. The first-order valence-corrected chi connectivity index (χ1v) is 9.66. The van der Waals surface area contributed by atoms with Crippen LogP contribution < -0.4 is 4.72 Å². The van der Waals surface area contributed by atoms with Crippen molar-refractivity contribution in [3.8, 4) is 0 Å². The fourth-order valence-electron chi connectivity index (χ4n) is 2.65. The maximum absolute atomic E-state index is 12.1. The molecule has 0 aliphatic heterocycles. The molecule has 0 amide bonds. The Bertz CT molecular complexity index is 503. The van der Waals surface area contributed by atoms with E-state index in [0.29, 0.717) is 0 Å². The zero-order chi connectivity index (χ0) is 14.6. The Balaban J connectivity index is 1.88. The largest absolute Gasteiger partial charge is 0.383 e. The first kappa shape index (κ1) is 15.9. The van der Waals surface area contributed by atoms with Crippen LogP contribution in [-0.2, 0) is 15.6 Å². The molecule has 2 rings (SSSR count). The third-order valence-corrected chi connectivity index (χ3v) is 6.49. The first-order chi connectivity index (χ1) is 9.39. The summed E-state index contributed by atoms with van der Waals surface area (Å²) in [4.78, 5) is 0.776. The summed E-state index contributed by atoms with van der Waals surface area (Å²) in [5.74, 6) is 0.459. The predicted molar refractivity (Wildman–Crippen MR) is 82.3 cm³/mol. The lowest BCUT2D eigenvalue weighted by atomic mass is 9.91. The Morgan fingerprint density at radius 2 is 2.10 bits per heavy atom. The maximum atomic E-state index is 12.1. The molecule has 0 unspecified atom stereocenters. The van der Waals surface area contributed by atoms with Crippen molar-refractivity contribution in [2.45, 2.75) is 44.6 Å². The molecule has 1 atom stereocenters. The number of hydrogen-bond acceptors (Lipinski definition) is 4. The maximum Gasteiger partial charge on any atom is 0.211 e. The molecule has 1 aliphatic rings. The third kappa shape index (κ3) is 4.55. The molecular weight excluding hydrogens is 294 g/mol. The van der Waals surface area contributed by atoms with Gasteiger partial charge in [0.1, 0.15) is 5.60 Å². The zero-order valence-electron chi connectivity index (χ0n) is 11.8. The summed E-state index contributed by atoms with van der Waals surface area (Å²) in [7, 11) is -3.31. The number of nitrogens with one attached hydrogen (secondary N) is 1. The van der Waals surface area contributed by atoms with E-state index in [1.807, 2.05) is 17.5 Å². The Morgan fingerprint density at radius 3 is 2.70 bits per heavy atom. The van der Waals surface area contributed by atoms with Gasteiger partial charge >= 0.3 is 0 Å². The molecular formula is C14H23NO3S2. The van der Waals surface area contributed by atoms with E-state index in [-0.39, 0.29) is 18.2 Å². The summed E-state index contributed by atoms with van der Waals surface area (Å²) < 4.78 is 26.8. The van der Waals surface area contributed by atoms with Crippen molar-refractivity contribution in [1.29, 1.82) is 0 Å². The van der Waals surface area contributed by atoms with Crippen LogP contribution in [0, 0.1) is 5.92 Å². The van der Waals surface area contributed by atoms with Crippen LogP contribution in [0.2, 0.25) is 0 Å². The Kier molecular flexibility index (Phi) is 5.23. The van der Waals surface area contributed by atoms with Crippen molar-refractivity contribution in [2.24, 2.45) is 5.92 Å². The summed E-state index contributed by atoms with van der Waals surface area (Å²) in [5, 5.41) is 12.2. The van der Waals surface area contributed by atoms with E-state index in [4.69, 9.17) is 0 Å². The highest BCUT2D eigenvalue weighted by Gasteiger charge is 2.28. The SMILES string of the molecule is C[C@@](O)(CNS(=O)(=O)CC1CCCCC1)c1cccs1. The van der Waals surface area contributed by atoms with Gasteiger partial charge in [0.2, 0.25) is 10.0 Å². The van der Waals surface area contributed by atoms with Crippen LogP contribution in [0.15, 0.2) is 17.5 Å². The molecule has 0 radical (unpaired) electrons. The molecule has 1 aliphatic carbocycles. The van der Waals surface area contributed by atoms with Gasteiger partial charge in [-0.3, -0.25) is 0 Å². The van der Waals surface area contributed by atoms with Crippen molar-refractivity contribution in [2.75, 3.05) is 12.3 Å². The Labute approximate surface area is 125 Å². The summed E-state index contributed by atoms with van der Waals surface area (Å²) >= 11 is 1.43. The minimum absolute atomic E-state index is 0.0303. The van der Waals surface area contributed by atoms with E-state index in [1.54, 1.807) is 6.92 Å². The van der Waals surface area contributed by atoms with Crippen molar-refractivity contribution in [3.63, 3.8) is 0 Å². The van der Waals surface area contributed by atoms with Gasteiger partial charge in [0.25, 0.3) is 0 Å². The number of sulfonamides is 1. The lowest BCUT2D eigenvalue weighted by Gasteiger charge is -2.24. The van der Waals surface area contributed by atoms with Gasteiger partial charge in [-0.15, -0.1) is 11.3 Å². The van der Waals surface area contributed by atoms with Gasteiger partial charge in [0.15, 0.2) is 0 Å². The summed E-state index contributed by atoms with van der Waals surface area (Å²) in [6, 6.07) is 3.67. The van der Waals surface area contributed by atoms with Crippen molar-refractivity contribution in [3.05, 3.63) is 22.4 Å². The van der Waals surface area contributed by atoms with E-state index < -0.39 is 15.6 Å². The van der Waals surface area contributed by atoms with Crippen LogP contribution in [0.5, 0.6) is 0 Å². The highest BCUT2D eigenvalue weighted by atomic mass is 32.2. The number of rotatable bonds is 6. The van der Waals surface area contributed by atoms with E-state index in [0.717, 1.165) is 30.6 Å². The van der Waals surface area contributed by atoms with Gasteiger partial charge in [-0.25, -0.2) is 13.1 Å². The summed E-state index contributed by atoms with van der Waals surface area (Å²) in [5.41, 5.74) is -1.15. The molecule has 1 aromatic heterocycles. The molecule has 4 nitrogen and oxygen atoms in total. The monoisotopic (exact) mass is 317 g/mol. The third-order valence-electron chi connectivity index (χ3n) is 3.87. The van der Waals surface area contributed by atoms with Gasteiger partial charge in [0, 0.05) is 11.4 Å². The standard InChI is InChI=1S/C14H23NO3S2/c1-14(16,13-8-5-9-19-13)11-15-20(17,18)10-12-6-3-2-4-7-12/h5,8-9,12,15-16H,2-4,6-7,10-11H2,1H3/t14-/m1/s1. The summed E-state index contributed by atoms with van der Waals surface area (Å²) in [6.45, 7) is 1.67. The minimum atomic E-state index is -3.31. The molecule has 0 spiro atoms. The van der Waals surface area contributed by atoms with E-state index >= 15 is 0 Å². The molecule has 6 heteroatoms. The lowest BCUT2D eigenvalue weighted by Crippen LogP contribution is -2.40. The smallest absolute Gasteiger partial charge is 0.211 e. The lowest BCUT2D eigenvalue weighted by molar-refractivity contribution is 0.0665. The van der Waals surface area contributed by atoms with Crippen molar-refractivity contribution < 1.29 is 13.5 Å². The molecule has 114 valence electrons.